The third kappa shape index (κ3) is 2.59. The average Bonchev–Trinajstić information content (AvgIpc) is 2.38. The maximum absolute atomic E-state index is 12.6. The van der Waals surface area contributed by atoms with Crippen LogP contribution >= 0.6 is 0 Å². The monoisotopic (exact) mass is 249 g/mol. The van der Waals surface area contributed by atoms with Gasteiger partial charge in [-0.2, -0.15) is 13.2 Å². The SMILES string of the molecule is C=Cc1ccc(-c2cccc(C(F)(F)F)c2)cn1. The molecule has 0 unspecified atom stereocenters. The highest BCUT2D eigenvalue weighted by atomic mass is 19.4. The molecule has 1 aromatic heterocycles. The Hall–Kier alpha value is -2.10. The third-order valence-electron chi connectivity index (χ3n) is 2.52. The fourth-order valence-electron chi connectivity index (χ4n) is 1.57. The van der Waals surface area contributed by atoms with Gasteiger partial charge in [0.05, 0.1) is 11.3 Å². The first-order valence-electron chi connectivity index (χ1n) is 5.27. The van der Waals surface area contributed by atoms with Crippen LogP contribution in [0, 0.1) is 0 Å². The van der Waals surface area contributed by atoms with Crippen LogP contribution in [0.5, 0.6) is 0 Å². The Bertz CT molecular complexity index is 556. The predicted octanol–water partition coefficient (Wildman–Crippen LogP) is 4.41. The molecule has 1 heterocycles. The molecule has 0 bridgehead atoms. The summed E-state index contributed by atoms with van der Waals surface area (Å²) >= 11 is 0. The highest BCUT2D eigenvalue weighted by molar-refractivity contribution is 5.64. The Labute approximate surface area is 103 Å². The van der Waals surface area contributed by atoms with Crippen molar-refractivity contribution in [1.82, 2.24) is 4.98 Å². The maximum Gasteiger partial charge on any atom is 0.416 e. The van der Waals surface area contributed by atoms with Gasteiger partial charge < -0.3 is 0 Å². The van der Waals surface area contributed by atoms with Gasteiger partial charge >= 0.3 is 6.18 Å². The molecule has 18 heavy (non-hydrogen) atoms. The molecule has 0 saturated heterocycles. The van der Waals surface area contributed by atoms with Crippen molar-refractivity contribution >= 4 is 6.08 Å². The number of halogens is 3. The molecule has 0 atom stereocenters. The molecule has 1 aromatic carbocycles. The fourth-order valence-corrected chi connectivity index (χ4v) is 1.57. The number of rotatable bonds is 2. The van der Waals surface area contributed by atoms with E-state index in [0.29, 0.717) is 16.8 Å². The number of aromatic nitrogens is 1. The lowest BCUT2D eigenvalue weighted by Gasteiger charge is -2.08. The first kappa shape index (κ1) is 12.4. The molecule has 0 radical (unpaired) electrons. The molecule has 0 aliphatic heterocycles. The van der Waals surface area contributed by atoms with Gasteiger partial charge in [0.1, 0.15) is 0 Å². The van der Waals surface area contributed by atoms with E-state index in [1.807, 2.05) is 0 Å². The summed E-state index contributed by atoms with van der Waals surface area (Å²) in [5, 5.41) is 0. The fraction of sp³-hybridized carbons (Fsp3) is 0.0714. The lowest BCUT2D eigenvalue weighted by atomic mass is 10.0. The Morgan fingerprint density at radius 3 is 2.39 bits per heavy atom. The van der Waals surface area contributed by atoms with Crippen LogP contribution in [0.1, 0.15) is 11.3 Å². The Morgan fingerprint density at radius 2 is 1.83 bits per heavy atom. The Morgan fingerprint density at radius 1 is 1.06 bits per heavy atom. The minimum Gasteiger partial charge on any atom is -0.256 e. The van der Waals surface area contributed by atoms with E-state index in [1.54, 1.807) is 24.3 Å². The predicted molar refractivity (Wildman–Crippen MR) is 64.8 cm³/mol. The third-order valence-corrected chi connectivity index (χ3v) is 2.52. The number of pyridine rings is 1. The molecule has 0 N–H and O–H groups in total. The second kappa shape index (κ2) is 4.64. The molecule has 1 nitrogen and oxygen atoms in total. The average molecular weight is 249 g/mol. The van der Waals surface area contributed by atoms with Gasteiger partial charge in [-0.15, -0.1) is 0 Å². The molecule has 0 saturated carbocycles. The minimum absolute atomic E-state index is 0.493. The largest absolute Gasteiger partial charge is 0.416 e. The van der Waals surface area contributed by atoms with Crippen LogP contribution in [0.15, 0.2) is 49.2 Å². The number of nitrogens with zero attached hydrogens (tertiary/aromatic N) is 1. The zero-order valence-electron chi connectivity index (χ0n) is 9.41. The molecular weight excluding hydrogens is 239 g/mol. The normalized spacial score (nSPS) is 11.3. The molecule has 0 fully saturated rings. The van der Waals surface area contributed by atoms with Crippen molar-refractivity contribution < 1.29 is 13.2 Å². The number of hydrogen-bond acceptors (Lipinski definition) is 1. The quantitative estimate of drug-likeness (QED) is 0.768. The Balaban J connectivity index is 2.41. The van der Waals surface area contributed by atoms with Crippen molar-refractivity contribution in [1.29, 1.82) is 0 Å². The van der Waals surface area contributed by atoms with Gasteiger partial charge in [-0.05, 0) is 29.8 Å². The second-order valence-electron chi connectivity index (χ2n) is 3.75. The first-order valence-corrected chi connectivity index (χ1v) is 5.27. The second-order valence-corrected chi connectivity index (χ2v) is 3.75. The minimum atomic E-state index is -4.33. The van der Waals surface area contributed by atoms with Crippen LogP contribution in [0.25, 0.3) is 17.2 Å². The molecule has 0 amide bonds. The molecule has 4 heteroatoms. The summed E-state index contributed by atoms with van der Waals surface area (Å²) in [7, 11) is 0. The highest BCUT2D eigenvalue weighted by Gasteiger charge is 2.30. The van der Waals surface area contributed by atoms with Crippen molar-refractivity contribution in [2.24, 2.45) is 0 Å². The lowest BCUT2D eigenvalue weighted by molar-refractivity contribution is -0.137. The summed E-state index contributed by atoms with van der Waals surface area (Å²) in [6.45, 7) is 3.57. The summed E-state index contributed by atoms with van der Waals surface area (Å²) in [6.07, 6.45) is -1.22. The molecule has 0 aliphatic carbocycles. The van der Waals surface area contributed by atoms with Gasteiger partial charge in [-0.3, -0.25) is 4.98 Å². The highest BCUT2D eigenvalue weighted by Crippen LogP contribution is 2.31. The smallest absolute Gasteiger partial charge is 0.256 e. The molecule has 2 aromatic rings. The van der Waals surface area contributed by atoms with E-state index in [-0.39, 0.29) is 0 Å². The van der Waals surface area contributed by atoms with E-state index >= 15 is 0 Å². The zero-order chi connectivity index (χ0) is 13.2. The maximum atomic E-state index is 12.6. The van der Waals surface area contributed by atoms with Crippen LogP contribution in [-0.2, 0) is 6.18 Å². The van der Waals surface area contributed by atoms with Crippen molar-refractivity contribution in [3.05, 3.63) is 60.4 Å². The molecule has 0 aliphatic rings. The molecular formula is C14H10F3N. The van der Waals surface area contributed by atoms with Crippen molar-refractivity contribution in [2.45, 2.75) is 6.18 Å². The zero-order valence-corrected chi connectivity index (χ0v) is 9.41. The number of alkyl halides is 3. The van der Waals surface area contributed by atoms with Crippen LogP contribution in [0.2, 0.25) is 0 Å². The summed E-state index contributed by atoms with van der Waals surface area (Å²) in [4.78, 5) is 4.07. The van der Waals surface area contributed by atoms with E-state index < -0.39 is 11.7 Å². The number of benzene rings is 1. The van der Waals surface area contributed by atoms with Gasteiger partial charge in [0.25, 0.3) is 0 Å². The van der Waals surface area contributed by atoms with Crippen LogP contribution < -0.4 is 0 Å². The van der Waals surface area contributed by atoms with Crippen molar-refractivity contribution in [2.75, 3.05) is 0 Å². The molecule has 92 valence electrons. The summed E-state index contributed by atoms with van der Waals surface area (Å²) in [6, 6.07) is 8.61. The first-order chi connectivity index (χ1) is 8.50. The van der Waals surface area contributed by atoms with Crippen molar-refractivity contribution in [3.8, 4) is 11.1 Å². The van der Waals surface area contributed by atoms with Crippen LogP contribution in [0.4, 0.5) is 13.2 Å². The van der Waals surface area contributed by atoms with Gasteiger partial charge in [0.2, 0.25) is 0 Å². The van der Waals surface area contributed by atoms with E-state index in [1.165, 1.54) is 12.3 Å². The van der Waals surface area contributed by atoms with Crippen LogP contribution in [0.3, 0.4) is 0 Å². The lowest BCUT2D eigenvalue weighted by Crippen LogP contribution is -2.04. The van der Waals surface area contributed by atoms with E-state index in [2.05, 4.69) is 11.6 Å². The van der Waals surface area contributed by atoms with Gasteiger partial charge in [-0.25, -0.2) is 0 Å². The van der Waals surface area contributed by atoms with E-state index in [9.17, 15) is 13.2 Å². The van der Waals surface area contributed by atoms with Gasteiger partial charge in [0, 0.05) is 11.8 Å². The van der Waals surface area contributed by atoms with E-state index in [4.69, 9.17) is 0 Å². The van der Waals surface area contributed by atoms with Crippen LogP contribution in [-0.4, -0.2) is 4.98 Å². The standard InChI is InChI=1S/C14H10F3N/c1-2-13-7-6-11(9-18-13)10-4-3-5-12(8-10)14(15,16)17/h2-9H,1H2. The Kier molecular flexibility index (Phi) is 3.19. The number of hydrogen-bond donors (Lipinski definition) is 0. The van der Waals surface area contributed by atoms with Gasteiger partial charge in [0.15, 0.2) is 0 Å². The topological polar surface area (TPSA) is 12.9 Å². The molecule has 2 rings (SSSR count). The molecule has 0 spiro atoms. The van der Waals surface area contributed by atoms with Crippen molar-refractivity contribution in [3.63, 3.8) is 0 Å². The summed E-state index contributed by atoms with van der Waals surface area (Å²) in [5.74, 6) is 0. The van der Waals surface area contributed by atoms with Gasteiger partial charge in [-0.1, -0.05) is 24.8 Å². The summed E-state index contributed by atoms with van der Waals surface area (Å²) in [5.41, 5.74) is 1.16. The summed E-state index contributed by atoms with van der Waals surface area (Å²) < 4.78 is 37.7. The van der Waals surface area contributed by atoms with E-state index in [0.717, 1.165) is 12.1 Å².